The van der Waals surface area contributed by atoms with Gasteiger partial charge in [-0.1, -0.05) is 6.92 Å². The molecular formula is C13H21N3O4. The number of aliphatic carboxylic acids is 1. The zero-order valence-electron chi connectivity index (χ0n) is 11.8. The van der Waals surface area contributed by atoms with Gasteiger partial charge in [-0.15, -0.1) is 0 Å². The number of hydrogen-bond acceptors (Lipinski definition) is 3. The summed E-state index contributed by atoms with van der Waals surface area (Å²) in [4.78, 5) is 38.1. The van der Waals surface area contributed by atoms with E-state index < -0.39 is 11.9 Å². The lowest BCUT2D eigenvalue weighted by atomic mass is 9.87. The predicted molar refractivity (Wildman–Crippen MR) is 71.1 cm³/mol. The normalized spacial score (nSPS) is 24.2. The van der Waals surface area contributed by atoms with Crippen molar-refractivity contribution in [3.05, 3.63) is 0 Å². The monoisotopic (exact) mass is 283 g/mol. The molecule has 0 aromatic heterocycles. The van der Waals surface area contributed by atoms with Gasteiger partial charge in [0.05, 0.1) is 5.92 Å². The van der Waals surface area contributed by atoms with Crippen LogP contribution < -0.4 is 5.32 Å². The third kappa shape index (κ3) is 2.57. The van der Waals surface area contributed by atoms with Gasteiger partial charge in [-0.3, -0.25) is 9.59 Å². The zero-order chi connectivity index (χ0) is 14.9. The van der Waals surface area contributed by atoms with Gasteiger partial charge in [-0.2, -0.15) is 0 Å². The summed E-state index contributed by atoms with van der Waals surface area (Å²) < 4.78 is 0. The molecule has 0 spiro atoms. The molecule has 2 rings (SSSR count). The van der Waals surface area contributed by atoms with Crippen LogP contribution in [0.5, 0.6) is 0 Å². The van der Waals surface area contributed by atoms with Crippen LogP contribution in [0.2, 0.25) is 0 Å². The second kappa shape index (κ2) is 5.68. The van der Waals surface area contributed by atoms with Crippen molar-refractivity contribution in [2.45, 2.75) is 25.8 Å². The van der Waals surface area contributed by atoms with Gasteiger partial charge in [-0.05, 0) is 12.8 Å². The van der Waals surface area contributed by atoms with E-state index in [4.69, 9.17) is 5.11 Å². The summed E-state index contributed by atoms with van der Waals surface area (Å²) in [5.41, 5.74) is 0. The molecular weight excluding hydrogens is 262 g/mol. The number of nitrogens with one attached hydrogen (secondary N) is 1. The van der Waals surface area contributed by atoms with E-state index in [2.05, 4.69) is 5.32 Å². The highest BCUT2D eigenvalue weighted by molar-refractivity contribution is 5.87. The minimum atomic E-state index is -0.827. The predicted octanol–water partition coefficient (Wildman–Crippen LogP) is -0.0307. The molecule has 0 aromatic carbocycles. The summed E-state index contributed by atoms with van der Waals surface area (Å²) in [5.74, 6) is -1.39. The molecule has 2 atom stereocenters. The van der Waals surface area contributed by atoms with Gasteiger partial charge >= 0.3 is 12.0 Å². The van der Waals surface area contributed by atoms with Gasteiger partial charge in [0.1, 0.15) is 6.04 Å². The van der Waals surface area contributed by atoms with E-state index >= 15 is 0 Å². The molecule has 3 amide bonds. The fraction of sp³-hybridized carbons (Fsp3) is 0.769. The van der Waals surface area contributed by atoms with Gasteiger partial charge in [0.15, 0.2) is 0 Å². The van der Waals surface area contributed by atoms with Crippen LogP contribution in [0, 0.1) is 11.8 Å². The molecule has 2 aliphatic rings. The van der Waals surface area contributed by atoms with Crippen LogP contribution in [0.3, 0.4) is 0 Å². The molecule has 2 fully saturated rings. The molecule has 2 unspecified atom stereocenters. The molecule has 2 aliphatic heterocycles. The van der Waals surface area contributed by atoms with Crippen LogP contribution in [0.1, 0.15) is 19.8 Å². The van der Waals surface area contributed by atoms with Crippen LogP contribution >= 0.6 is 0 Å². The Labute approximate surface area is 117 Å². The summed E-state index contributed by atoms with van der Waals surface area (Å²) >= 11 is 0. The Hall–Kier alpha value is -1.79. The summed E-state index contributed by atoms with van der Waals surface area (Å²) in [5, 5.41) is 11.5. The average Bonchev–Trinajstić information content (AvgIpc) is 2.84. The first-order valence-electron chi connectivity index (χ1n) is 6.95. The number of carbonyl (C=O) groups excluding carboxylic acids is 2. The maximum absolute atomic E-state index is 12.3. The first-order chi connectivity index (χ1) is 9.45. The number of hydrogen-bond donors (Lipinski definition) is 2. The Morgan fingerprint density at radius 2 is 1.95 bits per heavy atom. The number of nitrogens with zero attached hydrogens (tertiary/aromatic N) is 2. The Balaban J connectivity index is 1.90. The molecule has 20 heavy (non-hydrogen) atoms. The van der Waals surface area contributed by atoms with Crippen LogP contribution in [0.15, 0.2) is 0 Å². The maximum Gasteiger partial charge on any atom is 0.320 e. The number of urea groups is 1. The van der Waals surface area contributed by atoms with Crippen molar-refractivity contribution >= 4 is 17.9 Å². The average molecular weight is 283 g/mol. The van der Waals surface area contributed by atoms with Gasteiger partial charge in [0.25, 0.3) is 0 Å². The van der Waals surface area contributed by atoms with Crippen LogP contribution in [0.4, 0.5) is 4.79 Å². The second-order valence-electron chi connectivity index (χ2n) is 5.54. The number of rotatable bonds is 3. The summed E-state index contributed by atoms with van der Waals surface area (Å²) in [6.45, 7) is 3.18. The van der Waals surface area contributed by atoms with E-state index in [1.807, 2.05) is 0 Å². The maximum atomic E-state index is 12.3. The number of carboxylic acid groups (broad SMARTS) is 1. The van der Waals surface area contributed by atoms with Gasteiger partial charge in [-0.25, -0.2) is 4.79 Å². The van der Waals surface area contributed by atoms with Gasteiger partial charge in [0, 0.05) is 32.6 Å². The lowest BCUT2D eigenvalue weighted by Crippen LogP contribution is -2.59. The molecule has 7 nitrogen and oxygen atoms in total. The van der Waals surface area contributed by atoms with E-state index in [-0.39, 0.29) is 23.9 Å². The first-order valence-corrected chi connectivity index (χ1v) is 6.95. The lowest BCUT2D eigenvalue weighted by Gasteiger charge is -2.43. The van der Waals surface area contributed by atoms with E-state index in [9.17, 15) is 14.4 Å². The summed E-state index contributed by atoms with van der Waals surface area (Å²) in [6, 6.07) is -0.534. The van der Waals surface area contributed by atoms with Crippen molar-refractivity contribution in [1.82, 2.24) is 15.1 Å². The standard InChI is InChI=1S/C13H21N3O4/c1-8(12(18)19)9-6-15(7-9)13(20)16-5-3-4-10(16)11(17)14-2/h8-10H,3-7H2,1-2H3,(H,14,17)(H,18,19). The van der Waals surface area contributed by atoms with Crippen molar-refractivity contribution in [3.63, 3.8) is 0 Å². The number of carbonyl (C=O) groups is 3. The highest BCUT2D eigenvalue weighted by atomic mass is 16.4. The van der Waals surface area contributed by atoms with Gasteiger partial charge < -0.3 is 20.2 Å². The Kier molecular flexibility index (Phi) is 4.15. The largest absolute Gasteiger partial charge is 0.481 e. The fourth-order valence-corrected chi connectivity index (χ4v) is 2.80. The third-order valence-electron chi connectivity index (χ3n) is 4.32. The van der Waals surface area contributed by atoms with Crippen molar-refractivity contribution in [2.75, 3.05) is 26.7 Å². The molecule has 0 aromatic rings. The van der Waals surface area contributed by atoms with Gasteiger partial charge in [0.2, 0.25) is 5.91 Å². The summed E-state index contributed by atoms with van der Waals surface area (Å²) in [6.07, 6.45) is 1.51. The van der Waals surface area contributed by atoms with E-state index in [0.717, 1.165) is 6.42 Å². The molecule has 0 radical (unpaired) electrons. The highest BCUT2D eigenvalue weighted by Crippen LogP contribution is 2.27. The molecule has 0 bridgehead atoms. The second-order valence-corrected chi connectivity index (χ2v) is 5.54. The zero-order valence-corrected chi connectivity index (χ0v) is 11.8. The van der Waals surface area contributed by atoms with E-state index in [1.54, 1.807) is 23.8 Å². The van der Waals surface area contributed by atoms with Crippen molar-refractivity contribution in [1.29, 1.82) is 0 Å². The molecule has 7 heteroatoms. The quantitative estimate of drug-likeness (QED) is 0.761. The fourth-order valence-electron chi connectivity index (χ4n) is 2.80. The minimum Gasteiger partial charge on any atom is -0.481 e. The molecule has 2 saturated heterocycles. The smallest absolute Gasteiger partial charge is 0.320 e. The third-order valence-corrected chi connectivity index (χ3v) is 4.32. The lowest BCUT2D eigenvalue weighted by molar-refractivity contribution is -0.144. The van der Waals surface area contributed by atoms with E-state index in [1.165, 1.54) is 0 Å². The minimum absolute atomic E-state index is 0.0116. The van der Waals surface area contributed by atoms with Crippen molar-refractivity contribution in [2.24, 2.45) is 11.8 Å². The number of amides is 3. The molecule has 2 N–H and O–H groups in total. The number of likely N-dealkylation sites (tertiary alicyclic amines) is 2. The topological polar surface area (TPSA) is 90.0 Å². The van der Waals surface area contributed by atoms with Crippen LogP contribution in [-0.2, 0) is 9.59 Å². The highest BCUT2D eigenvalue weighted by Gasteiger charge is 2.42. The van der Waals surface area contributed by atoms with Crippen molar-refractivity contribution in [3.8, 4) is 0 Å². The number of carboxylic acids is 1. The first kappa shape index (κ1) is 14.6. The Morgan fingerprint density at radius 3 is 2.50 bits per heavy atom. The molecule has 112 valence electrons. The number of likely N-dealkylation sites (N-methyl/N-ethyl adjacent to an activating group) is 1. The Bertz CT molecular complexity index is 420. The van der Waals surface area contributed by atoms with Crippen molar-refractivity contribution < 1.29 is 19.5 Å². The molecule has 0 aliphatic carbocycles. The van der Waals surface area contributed by atoms with Crippen LogP contribution in [-0.4, -0.2) is 65.5 Å². The molecule has 2 heterocycles. The SMILES string of the molecule is CNC(=O)C1CCCN1C(=O)N1CC(C(C)C(=O)O)C1. The Morgan fingerprint density at radius 1 is 1.30 bits per heavy atom. The van der Waals surface area contributed by atoms with E-state index in [0.29, 0.717) is 26.1 Å². The van der Waals surface area contributed by atoms with Crippen LogP contribution in [0.25, 0.3) is 0 Å². The molecule has 0 saturated carbocycles. The summed E-state index contributed by atoms with van der Waals surface area (Å²) in [7, 11) is 1.57.